The SMILES string of the molecule is CCOC(=O)C1=C(O)C(=Cc2ccc(C)cc2O)SC1=Nc1cccc(F)c1. The summed E-state index contributed by atoms with van der Waals surface area (Å²) in [5.74, 6) is -1.43. The highest BCUT2D eigenvalue weighted by atomic mass is 32.2. The van der Waals surface area contributed by atoms with Crippen LogP contribution in [0, 0.1) is 12.7 Å². The number of carbonyl (C=O) groups is 1. The van der Waals surface area contributed by atoms with E-state index in [-0.39, 0.29) is 28.7 Å². The van der Waals surface area contributed by atoms with Gasteiger partial charge in [-0.3, -0.25) is 0 Å². The number of benzene rings is 2. The van der Waals surface area contributed by atoms with Crippen molar-refractivity contribution in [3.8, 4) is 5.75 Å². The standard InChI is InChI=1S/C21H18FNO4S/c1-3-27-21(26)18-19(25)17(10-13-8-7-12(2)9-16(13)24)28-20(18)23-15-6-4-5-14(22)11-15/h4-11,24-25H,3H2,1-2H3. The summed E-state index contributed by atoms with van der Waals surface area (Å²) in [4.78, 5) is 17.0. The molecule has 1 aliphatic rings. The number of aryl methyl sites for hydroxylation is 1. The van der Waals surface area contributed by atoms with Gasteiger partial charge in [0.05, 0.1) is 17.2 Å². The van der Waals surface area contributed by atoms with Crippen molar-refractivity contribution in [1.82, 2.24) is 0 Å². The Morgan fingerprint density at radius 3 is 2.71 bits per heavy atom. The van der Waals surface area contributed by atoms with Crippen LogP contribution >= 0.6 is 11.8 Å². The average molecular weight is 399 g/mol. The molecule has 0 fully saturated rings. The number of halogens is 1. The number of thioether (sulfide) groups is 1. The zero-order valence-electron chi connectivity index (χ0n) is 15.3. The third-order valence-corrected chi connectivity index (χ3v) is 4.90. The number of aliphatic hydroxyl groups excluding tert-OH is 1. The predicted molar refractivity (Wildman–Crippen MR) is 108 cm³/mol. The fourth-order valence-corrected chi connectivity index (χ4v) is 3.60. The number of carbonyl (C=O) groups excluding carboxylic acids is 1. The van der Waals surface area contributed by atoms with E-state index in [1.54, 1.807) is 31.2 Å². The Bertz CT molecular complexity index is 1030. The lowest BCUT2D eigenvalue weighted by atomic mass is 10.1. The molecule has 2 N–H and O–H groups in total. The van der Waals surface area contributed by atoms with E-state index in [2.05, 4.69) is 4.99 Å². The highest BCUT2D eigenvalue weighted by molar-refractivity contribution is 8.18. The van der Waals surface area contributed by atoms with Gasteiger partial charge >= 0.3 is 5.97 Å². The summed E-state index contributed by atoms with van der Waals surface area (Å²) < 4.78 is 18.5. The Balaban J connectivity index is 2.07. The second kappa shape index (κ2) is 8.31. The maximum atomic E-state index is 13.5. The zero-order valence-corrected chi connectivity index (χ0v) is 16.1. The Kier molecular flexibility index (Phi) is 5.84. The van der Waals surface area contributed by atoms with Crippen LogP contribution in [-0.2, 0) is 9.53 Å². The van der Waals surface area contributed by atoms with E-state index in [1.165, 1.54) is 18.2 Å². The molecule has 0 bridgehead atoms. The minimum absolute atomic E-state index is 0.0501. The van der Waals surface area contributed by atoms with Gasteiger partial charge in [0.2, 0.25) is 0 Å². The number of aliphatic hydroxyl groups is 1. The van der Waals surface area contributed by atoms with Gasteiger partial charge in [0.1, 0.15) is 27.9 Å². The molecule has 1 heterocycles. The summed E-state index contributed by atoms with van der Waals surface area (Å²) in [7, 11) is 0. The van der Waals surface area contributed by atoms with Crippen LogP contribution in [-0.4, -0.2) is 27.8 Å². The number of nitrogens with zero attached hydrogens (tertiary/aromatic N) is 1. The maximum absolute atomic E-state index is 13.5. The summed E-state index contributed by atoms with van der Waals surface area (Å²) in [6, 6.07) is 10.7. The Hall–Kier alpha value is -3.06. The normalized spacial score (nSPS) is 16.8. The molecule has 0 aliphatic carbocycles. The van der Waals surface area contributed by atoms with Gasteiger partial charge in [-0.1, -0.05) is 30.0 Å². The van der Waals surface area contributed by atoms with Gasteiger partial charge in [0, 0.05) is 5.56 Å². The van der Waals surface area contributed by atoms with E-state index in [0.717, 1.165) is 17.3 Å². The quantitative estimate of drug-likeness (QED) is 0.705. The molecular weight excluding hydrogens is 381 g/mol. The number of hydrogen-bond acceptors (Lipinski definition) is 6. The van der Waals surface area contributed by atoms with Crippen molar-refractivity contribution in [1.29, 1.82) is 0 Å². The minimum atomic E-state index is -0.723. The molecule has 0 radical (unpaired) electrons. The fraction of sp³-hybridized carbons (Fsp3) is 0.143. The third kappa shape index (κ3) is 4.26. The number of aliphatic imine (C=N–C) groups is 1. The van der Waals surface area contributed by atoms with Crippen molar-refractivity contribution in [2.24, 2.45) is 4.99 Å². The third-order valence-electron chi connectivity index (χ3n) is 3.88. The van der Waals surface area contributed by atoms with Gasteiger partial charge in [-0.2, -0.15) is 0 Å². The molecule has 0 spiro atoms. The van der Waals surface area contributed by atoms with E-state index in [1.807, 2.05) is 13.0 Å². The second-order valence-electron chi connectivity index (χ2n) is 6.01. The molecule has 2 aromatic carbocycles. The molecule has 7 heteroatoms. The minimum Gasteiger partial charge on any atom is -0.507 e. The zero-order chi connectivity index (χ0) is 20.3. The van der Waals surface area contributed by atoms with E-state index >= 15 is 0 Å². The largest absolute Gasteiger partial charge is 0.507 e. The van der Waals surface area contributed by atoms with Crippen LogP contribution in [0.15, 0.2) is 63.7 Å². The first-order valence-electron chi connectivity index (χ1n) is 8.53. The first-order chi connectivity index (χ1) is 13.4. The van der Waals surface area contributed by atoms with Crippen LogP contribution in [0.5, 0.6) is 5.75 Å². The second-order valence-corrected chi connectivity index (χ2v) is 7.04. The number of aromatic hydroxyl groups is 1. The predicted octanol–water partition coefficient (Wildman–Crippen LogP) is 5.03. The van der Waals surface area contributed by atoms with Crippen molar-refractivity contribution in [2.45, 2.75) is 13.8 Å². The molecule has 0 unspecified atom stereocenters. The molecule has 0 saturated carbocycles. The molecule has 0 amide bonds. The number of esters is 1. The molecule has 0 aromatic heterocycles. The lowest BCUT2D eigenvalue weighted by Gasteiger charge is -2.03. The van der Waals surface area contributed by atoms with Gasteiger partial charge in [0.15, 0.2) is 0 Å². The van der Waals surface area contributed by atoms with E-state index in [4.69, 9.17) is 4.74 Å². The van der Waals surface area contributed by atoms with Gasteiger partial charge < -0.3 is 14.9 Å². The van der Waals surface area contributed by atoms with Gasteiger partial charge in [-0.05, 0) is 49.8 Å². The summed E-state index contributed by atoms with van der Waals surface area (Å²) in [6.45, 7) is 3.63. The molecular formula is C21H18FNO4S. The van der Waals surface area contributed by atoms with Gasteiger partial charge in [0.25, 0.3) is 0 Å². The monoisotopic (exact) mass is 399 g/mol. The van der Waals surface area contributed by atoms with Crippen LogP contribution in [0.3, 0.4) is 0 Å². The van der Waals surface area contributed by atoms with Crippen molar-refractivity contribution in [2.75, 3.05) is 6.61 Å². The molecule has 0 atom stereocenters. The fourth-order valence-electron chi connectivity index (χ4n) is 2.57. The van der Waals surface area contributed by atoms with Crippen molar-refractivity contribution < 1.29 is 24.1 Å². The molecule has 144 valence electrons. The maximum Gasteiger partial charge on any atom is 0.344 e. The molecule has 1 aliphatic heterocycles. The van der Waals surface area contributed by atoms with Crippen molar-refractivity contribution >= 4 is 34.5 Å². The van der Waals surface area contributed by atoms with E-state index in [0.29, 0.717) is 16.2 Å². The lowest BCUT2D eigenvalue weighted by Crippen LogP contribution is -2.12. The molecule has 28 heavy (non-hydrogen) atoms. The number of phenolic OH excluding ortho intramolecular Hbond substituents is 1. The summed E-state index contributed by atoms with van der Waals surface area (Å²) in [5.41, 5.74) is 1.58. The highest BCUT2D eigenvalue weighted by Crippen LogP contribution is 2.41. The number of ether oxygens (including phenoxy) is 1. The van der Waals surface area contributed by atoms with E-state index < -0.39 is 11.8 Å². The van der Waals surface area contributed by atoms with Crippen LogP contribution in [0.2, 0.25) is 0 Å². The van der Waals surface area contributed by atoms with Crippen LogP contribution in [0.1, 0.15) is 18.1 Å². The molecule has 2 aromatic rings. The van der Waals surface area contributed by atoms with Crippen LogP contribution in [0.4, 0.5) is 10.1 Å². The lowest BCUT2D eigenvalue weighted by molar-refractivity contribution is -0.138. The first-order valence-corrected chi connectivity index (χ1v) is 9.35. The van der Waals surface area contributed by atoms with Crippen LogP contribution < -0.4 is 0 Å². The summed E-state index contributed by atoms with van der Waals surface area (Å²) >= 11 is 1.04. The summed E-state index contributed by atoms with van der Waals surface area (Å²) in [5, 5.41) is 20.9. The topological polar surface area (TPSA) is 79.1 Å². The number of rotatable bonds is 4. The van der Waals surface area contributed by atoms with Crippen molar-refractivity contribution in [3.05, 3.63) is 75.6 Å². The highest BCUT2D eigenvalue weighted by Gasteiger charge is 2.33. The Labute approximate surface area is 165 Å². The van der Waals surface area contributed by atoms with Gasteiger partial charge in [-0.25, -0.2) is 14.2 Å². The van der Waals surface area contributed by atoms with Crippen LogP contribution in [0.25, 0.3) is 6.08 Å². The Morgan fingerprint density at radius 2 is 2.04 bits per heavy atom. The smallest absolute Gasteiger partial charge is 0.344 e. The first kappa shape index (κ1) is 19.7. The van der Waals surface area contributed by atoms with Gasteiger partial charge in [-0.15, -0.1) is 0 Å². The summed E-state index contributed by atoms with van der Waals surface area (Å²) in [6.07, 6.45) is 1.56. The Morgan fingerprint density at radius 1 is 1.25 bits per heavy atom. The average Bonchev–Trinajstić information content (AvgIpc) is 2.93. The van der Waals surface area contributed by atoms with E-state index in [9.17, 15) is 19.4 Å². The van der Waals surface area contributed by atoms with Crippen molar-refractivity contribution in [3.63, 3.8) is 0 Å². The number of hydrogen-bond donors (Lipinski definition) is 2. The molecule has 3 rings (SSSR count). The number of phenols is 1. The molecule has 0 saturated heterocycles. The molecule has 5 nitrogen and oxygen atoms in total.